The Balaban J connectivity index is 1.44. The normalized spacial score (nSPS) is 16.4. The molecule has 1 aliphatic rings. The number of aromatic carboxylic acids is 1. The first kappa shape index (κ1) is 29.4. The predicted octanol–water partition coefficient (Wildman–Crippen LogP) is 4.85. The Hall–Kier alpha value is -4.57. The van der Waals surface area contributed by atoms with E-state index in [4.69, 9.17) is 14.6 Å². The quantitative estimate of drug-likeness (QED) is 0.324. The van der Waals surface area contributed by atoms with Crippen molar-refractivity contribution < 1.29 is 29.0 Å². The van der Waals surface area contributed by atoms with Crippen LogP contribution in [-0.2, 0) is 11.2 Å². The van der Waals surface area contributed by atoms with Crippen molar-refractivity contribution in [3.8, 4) is 11.5 Å². The SMILES string of the molecule is COc1cc(CC(=O)N2CCC[C@]2(COc2ccc(C(=O)O)cc2)N(C)C)ccc1NC(=O)Nc1ccccc1C. The Morgan fingerprint density at radius 3 is 2.37 bits per heavy atom. The van der Waals surface area contributed by atoms with E-state index in [1.54, 1.807) is 30.3 Å². The van der Waals surface area contributed by atoms with Gasteiger partial charge in [0.05, 0.1) is 24.8 Å². The summed E-state index contributed by atoms with van der Waals surface area (Å²) in [5, 5.41) is 14.8. The number of ether oxygens (including phenoxy) is 2. The minimum Gasteiger partial charge on any atom is -0.495 e. The highest BCUT2D eigenvalue weighted by Crippen LogP contribution is 2.34. The average molecular weight is 561 g/mol. The van der Waals surface area contributed by atoms with E-state index in [2.05, 4.69) is 10.6 Å². The van der Waals surface area contributed by atoms with Crippen LogP contribution < -0.4 is 20.1 Å². The number of urea groups is 1. The van der Waals surface area contributed by atoms with Gasteiger partial charge < -0.3 is 30.1 Å². The zero-order chi connectivity index (χ0) is 29.6. The van der Waals surface area contributed by atoms with E-state index in [0.717, 1.165) is 24.0 Å². The molecule has 10 nitrogen and oxygen atoms in total. The molecule has 3 amide bonds. The average Bonchev–Trinajstić information content (AvgIpc) is 3.40. The second-order valence-electron chi connectivity index (χ2n) is 10.2. The number of nitrogens with one attached hydrogen (secondary N) is 2. The number of rotatable bonds is 10. The van der Waals surface area contributed by atoms with E-state index in [0.29, 0.717) is 29.4 Å². The molecule has 1 atom stereocenters. The second-order valence-corrected chi connectivity index (χ2v) is 10.2. The molecule has 1 fully saturated rings. The lowest BCUT2D eigenvalue weighted by atomic mass is 10.0. The van der Waals surface area contributed by atoms with Gasteiger partial charge in [0.25, 0.3) is 0 Å². The van der Waals surface area contributed by atoms with Crippen molar-refractivity contribution in [1.82, 2.24) is 9.80 Å². The number of carbonyl (C=O) groups excluding carboxylic acids is 2. The number of amides is 3. The minimum absolute atomic E-state index is 0.0546. The molecule has 1 saturated heterocycles. The van der Waals surface area contributed by atoms with Crippen LogP contribution in [0.15, 0.2) is 66.7 Å². The third-order valence-electron chi connectivity index (χ3n) is 7.43. The van der Waals surface area contributed by atoms with Gasteiger partial charge in [-0.15, -0.1) is 0 Å². The molecule has 0 radical (unpaired) electrons. The van der Waals surface area contributed by atoms with E-state index in [-0.39, 0.29) is 24.5 Å². The zero-order valence-electron chi connectivity index (χ0n) is 23.8. The summed E-state index contributed by atoms with van der Waals surface area (Å²) in [4.78, 5) is 41.2. The number of likely N-dealkylation sites (N-methyl/N-ethyl adjacent to an activating group) is 1. The molecule has 0 saturated carbocycles. The first-order valence-corrected chi connectivity index (χ1v) is 13.4. The summed E-state index contributed by atoms with van der Waals surface area (Å²) < 4.78 is 11.6. The Labute approximate surface area is 239 Å². The van der Waals surface area contributed by atoms with Gasteiger partial charge in [0.2, 0.25) is 5.91 Å². The number of methoxy groups -OCH3 is 1. The maximum absolute atomic E-state index is 13.6. The number of para-hydroxylation sites is 1. The number of benzene rings is 3. The van der Waals surface area contributed by atoms with Crippen molar-refractivity contribution in [2.75, 3.05) is 45.0 Å². The molecule has 3 aromatic carbocycles. The number of hydrogen-bond donors (Lipinski definition) is 3. The fraction of sp³-hybridized carbons (Fsp3) is 0.323. The summed E-state index contributed by atoms with van der Waals surface area (Å²) in [6.45, 7) is 2.74. The van der Waals surface area contributed by atoms with E-state index < -0.39 is 17.7 Å². The van der Waals surface area contributed by atoms with Crippen LogP contribution in [0.4, 0.5) is 16.2 Å². The molecule has 0 spiro atoms. The molecule has 3 aromatic rings. The standard InChI is InChI=1S/C31H36N4O6/c1-21-8-5-6-9-25(21)32-30(39)33-26-15-10-22(18-27(26)40-4)19-28(36)35-17-7-16-31(35,34(2)3)20-41-24-13-11-23(12-14-24)29(37)38/h5-6,8-15,18H,7,16-17,19-20H2,1-4H3,(H,37,38)(H2,32,33,39)/t31-/m0/s1. The number of nitrogens with zero attached hydrogens (tertiary/aromatic N) is 2. The van der Waals surface area contributed by atoms with E-state index >= 15 is 0 Å². The highest BCUT2D eigenvalue weighted by atomic mass is 16.5. The summed E-state index contributed by atoms with van der Waals surface area (Å²) in [7, 11) is 5.37. The largest absolute Gasteiger partial charge is 0.495 e. The monoisotopic (exact) mass is 560 g/mol. The van der Waals surface area contributed by atoms with Gasteiger partial charge in [-0.2, -0.15) is 0 Å². The molecular formula is C31H36N4O6. The Kier molecular flexibility index (Phi) is 9.14. The highest BCUT2D eigenvalue weighted by Gasteiger charge is 2.46. The van der Waals surface area contributed by atoms with Crippen LogP contribution in [0.2, 0.25) is 0 Å². The Morgan fingerprint density at radius 2 is 1.71 bits per heavy atom. The number of carbonyl (C=O) groups is 3. The number of carboxylic acid groups (broad SMARTS) is 1. The van der Waals surface area contributed by atoms with Gasteiger partial charge in [0.15, 0.2) is 0 Å². The first-order chi connectivity index (χ1) is 19.6. The third-order valence-corrected chi connectivity index (χ3v) is 7.43. The number of anilines is 2. The zero-order valence-corrected chi connectivity index (χ0v) is 23.8. The maximum Gasteiger partial charge on any atom is 0.335 e. The fourth-order valence-electron chi connectivity index (χ4n) is 5.06. The van der Waals surface area contributed by atoms with Crippen LogP contribution in [0.1, 0.15) is 34.3 Å². The highest BCUT2D eigenvalue weighted by molar-refractivity contribution is 6.01. The first-order valence-electron chi connectivity index (χ1n) is 13.4. The summed E-state index contributed by atoms with van der Waals surface area (Å²) in [6, 6.07) is 18.6. The summed E-state index contributed by atoms with van der Waals surface area (Å²) in [5.41, 5.74) is 2.42. The number of hydrogen-bond acceptors (Lipinski definition) is 6. The van der Waals surface area contributed by atoms with Crippen LogP contribution in [-0.4, -0.2) is 72.8 Å². The Bertz CT molecular complexity index is 1410. The van der Waals surface area contributed by atoms with Crippen molar-refractivity contribution in [2.45, 2.75) is 31.8 Å². The van der Waals surface area contributed by atoms with E-state index in [1.165, 1.54) is 19.2 Å². The Morgan fingerprint density at radius 1 is 1.00 bits per heavy atom. The summed E-state index contributed by atoms with van der Waals surface area (Å²) in [6.07, 6.45) is 1.71. The lowest BCUT2D eigenvalue weighted by Crippen LogP contribution is -2.60. The molecule has 10 heteroatoms. The van der Waals surface area contributed by atoms with Crippen LogP contribution in [0, 0.1) is 6.92 Å². The van der Waals surface area contributed by atoms with Gasteiger partial charge in [-0.1, -0.05) is 24.3 Å². The molecule has 4 rings (SSSR count). The minimum atomic E-state index is -1.00. The van der Waals surface area contributed by atoms with Crippen molar-refractivity contribution >= 4 is 29.3 Å². The molecule has 0 aromatic heterocycles. The van der Waals surface area contributed by atoms with Crippen molar-refractivity contribution in [1.29, 1.82) is 0 Å². The fourth-order valence-corrected chi connectivity index (χ4v) is 5.06. The second kappa shape index (κ2) is 12.7. The summed E-state index contributed by atoms with van der Waals surface area (Å²) in [5.74, 6) is -0.0700. The molecule has 1 aliphatic heterocycles. The van der Waals surface area contributed by atoms with Crippen LogP contribution in [0.5, 0.6) is 11.5 Å². The number of carboxylic acids is 1. The van der Waals surface area contributed by atoms with Crippen molar-refractivity contribution in [3.05, 3.63) is 83.4 Å². The number of likely N-dealkylation sites (tertiary alicyclic amines) is 1. The number of aryl methyl sites for hydroxylation is 1. The van der Waals surface area contributed by atoms with E-state index in [9.17, 15) is 14.4 Å². The van der Waals surface area contributed by atoms with Crippen LogP contribution >= 0.6 is 0 Å². The predicted molar refractivity (Wildman–Crippen MR) is 157 cm³/mol. The van der Waals surface area contributed by atoms with Gasteiger partial charge in [0, 0.05) is 12.2 Å². The van der Waals surface area contributed by atoms with E-state index in [1.807, 2.05) is 55.1 Å². The summed E-state index contributed by atoms with van der Waals surface area (Å²) >= 11 is 0. The molecule has 41 heavy (non-hydrogen) atoms. The topological polar surface area (TPSA) is 120 Å². The molecular weight excluding hydrogens is 524 g/mol. The molecule has 0 bridgehead atoms. The third kappa shape index (κ3) is 6.78. The van der Waals surface area contributed by atoms with Crippen molar-refractivity contribution in [3.63, 3.8) is 0 Å². The van der Waals surface area contributed by atoms with Gasteiger partial charge in [-0.25, -0.2) is 9.59 Å². The lowest BCUT2D eigenvalue weighted by Gasteiger charge is -2.43. The molecule has 0 aliphatic carbocycles. The van der Waals surface area contributed by atoms with Gasteiger partial charge >= 0.3 is 12.0 Å². The maximum atomic E-state index is 13.6. The lowest BCUT2D eigenvalue weighted by molar-refractivity contribution is -0.143. The molecule has 216 valence electrons. The molecule has 0 unspecified atom stereocenters. The van der Waals surface area contributed by atoms with Crippen LogP contribution in [0.3, 0.4) is 0 Å². The molecule has 1 heterocycles. The van der Waals surface area contributed by atoms with Crippen LogP contribution in [0.25, 0.3) is 0 Å². The van der Waals surface area contributed by atoms with Gasteiger partial charge in [-0.05, 0) is 87.5 Å². The van der Waals surface area contributed by atoms with Crippen molar-refractivity contribution in [2.24, 2.45) is 0 Å². The van der Waals surface area contributed by atoms with Gasteiger partial charge in [-0.3, -0.25) is 9.69 Å². The smallest absolute Gasteiger partial charge is 0.335 e. The van der Waals surface area contributed by atoms with Gasteiger partial charge in [0.1, 0.15) is 23.8 Å². The molecule has 3 N–H and O–H groups in total.